The number of nitrogens with one attached hydrogen (secondary N) is 1. The van der Waals surface area contributed by atoms with Crippen molar-refractivity contribution in [1.29, 1.82) is 0 Å². The van der Waals surface area contributed by atoms with Gasteiger partial charge in [-0.25, -0.2) is 0 Å². The molecule has 100 valence electrons. The van der Waals surface area contributed by atoms with E-state index in [0.717, 1.165) is 38.9 Å². The fourth-order valence-corrected chi connectivity index (χ4v) is 2.27. The molecule has 0 aromatic rings. The Labute approximate surface area is 105 Å². The molecule has 1 fully saturated rings. The molecule has 1 saturated heterocycles. The SMILES string of the molecule is CCC(C)C(N)C(=O)NC1CCCN(CC)C1. The van der Waals surface area contributed by atoms with E-state index in [4.69, 9.17) is 5.73 Å². The molecule has 1 heterocycles. The van der Waals surface area contributed by atoms with E-state index < -0.39 is 0 Å². The van der Waals surface area contributed by atoms with Crippen molar-refractivity contribution in [1.82, 2.24) is 10.2 Å². The fourth-order valence-electron chi connectivity index (χ4n) is 2.27. The first-order valence-corrected chi connectivity index (χ1v) is 6.86. The Morgan fingerprint density at radius 2 is 2.24 bits per heavy atom. The topological polar surface area (TPSA) is 58.4 Å². The van der Waals surface area contributed by atoms with Gasteiger partial charge in [0.25, 0.3) is 0 Å². The smallest absolute Gasteiger partial charge is 0.237 e. The number of nitrogens with zero attached hydrogens (tertiary/aromatic N) is 1. The number of carbonyl (C=O) groups is 1. The number of amides is 1. The third kappa shape index (κ3) is 4.28. The van der Waals surface area contributed by atoms with Gasteiger partial charge in [0.2, 0.25) is 5.91 Å². The summed E-state index contributed by atoms with van der Waals surface area (Å²) in [5, 5.41) is 3.09. The van der Waals surface area contributed by atoms with Crippen LogP contribution < -0.4 is 11.1 Å². The quantitative estimate of drug-likeness (QED) is 0.754. The predicted octanol–water partition coefficient (Wildman–Crippen LogP) is 0.960. The molecule has 3 atom stereocenters. The number of piperidine rings is 1. The minimum atomic E-state index is -0.364. The second-order valence-corrected chi connectivity index (χ2v) is 5.15. The molecule has 17 heavy (non-hydrogen) atoms. The summed E-state index contributed by atoms with van der Waals surface area (Å²) in [6, 6.07) is -0.0803. The third-order valence-electron chi connectivity index (χ3n) is 3.86. The molecule has 0 saturated carbocycles. The van der Waals surface area contributed by atoms with E-state index in [1.807, 2.05) is 6.92 Å². The molecule has 4 heteroatoms. The Hall–Kier alpha value is -0.610. The van der Waals surface area contributed by atoms with Crippen LogP contribution >= 0.6 is 0 Å². The molecule has 0 aromatic heterocycles. The Kier molecular flexibility index (Phi) is 5.92. The van der Waals surface area contributed by atoms with Crippen molar-refractivity contribution in [2.24, 2.45) is 11.7 Å². The van der Waals surface area contributed by atoms with Gasteiger partial charge in [0.05, 0.1) is 6.04 Å². The largest absolute Gasteiger partial charge is 0.351 e. The van der Waals surface area contributed by atoms with Gasteiger partial charge < -0.3 is 16.0 Å². The minimum Gasteiger partial charge on any atom is -0.351 e. The lowest BCUT2D eigenvalue weighted by atomic mass is 9.98. The summed E-state index contributed by atoms with van der Waals surface area (Å²) < 4.78 is 0. The molecule has 3 N–H and O–H groups in total. The molecular formula is C13H27N3O. The van der Waals surface area contributed by atoms with Crippen molar-refractivity contribution in [3.63, 3.8) is 0 Å². The van der Waals surface area contributed by atoms with Gasteiger partial charge in [-0.2, -0.15) is 0 Å². The lowest BCUT2D eigenvalue weighted by Crippen LogP contribution is -2.53. The highest BCUT2D eigenvalue weighted by Crippen LogP contribution is 2.11. The number of rotatable bonds is 5. The maximum atomic E-state index is 12.0. The highest BCUT2D eigenvalue weighted by atomic mass is 16.2. The molecule has 0 aromatic carbocycles. The van der Waals surface area contributed by atoms with Gasteiger partial charge in [-0.1, -0.05) is 27.2 Å². The summed E-state index contributed by atoms with van der Waals surface area (Å²) in [6.07, 6.45) is 3.19. The summed E-state index contributed by atoms with van der Waals surface area (Å²) in [6.45, 7) is 9.44. The second kappa shape index (κ2) is 6.97. The van der Waals surface area contributed by atoms with Crippen LogP contribution in [0.5, 0.6) is 0 Å². The molecule has 1 aliphatic rings. The first kappa shape index (κ1) is 14.5. The van der Waals surface area contributed by atoms with E-state index in [1.54, 1.807) is 0 Å². The Morgan fingerprint density at radius 3 is 2.82 bits per heavy atom. The van der Waals surface area contributed by atoms with Crippen LogP contribution in [-0.2, 0) is 4.79 Å². The van der Waals surface area contributed by atoms with Gasteiger partial charge >= 0.3 is 0 Å². The zero-order chi connectivity index (χ0) is 12.8. The van der Waals surface area contributed by atoms with E-state index in [2.05, 4.69) is 24.1 Å². The van der Waals surface area contributed by atoms with Crippen LogP contribution in [-0.4, -0.2) is 42.5 Å². The lowest BCUT2D eigenvalue weighted by molar-refractivity contribution is -0.124. The van der Waals surface area contributed by atoms with E-state index in [1.165, 1.54) is 0 Å². The molecule has 1 aliphatic heterocycles. The van der Waals surface area contributed by atoms with Crippen molar-refractivity contribution in [3.8, 4) is 0 Å². The van der Waals surface area contributed by atoms with Gasteiger partial charge in [0.15, 0.2) is 0 Å². The maximum absolute atomic E-state index is 12.0. The van der Waals surface area contributed by atoms with E-state index >= 15 is 0 Å². The number of carbonyl (C=O) groups excluding carboxylic acids is 1. The highest BCUT2D eigenvalue weighted by Gasteiger charge is 2.24. The zero-order valence-electron chi connectivity index (χ0n) is 11.4. The summed E-state index contributed by atoms with van der Waals surface area (Å²) >= 11 is 0. The Morgan fingerprint density at radius 1 is 1.53 bits per heavy atom. The number of hydrogen-bond donors (Lipinski definition) is 2. The molecule has 1 amide bonds. The standard InChI is InChI=1S/C13H27N3O/c1-4-10(3)12(14)13(17)15-11-7-6-8-16(5-2)9-11/h10-12H,4-9,14H2,1-3H3,(H,15,17). The normalized spacial score (nSPS) is 25.3. The number of likely N-dealkylation sites (N-methyl/N-ethyl adjacent to an activating group) is 1. The molecule has 0 radical (unpaired) electrons. The lowest BCUT2D eigenvalue weighted by Gasteiger charge is -2.33. The van der Waals surface area contributed by atoms with Crippen molar-refractivity contribution in [2.75, 3.05) is 19.6 Å². The Bertz CT molecular complexity index is 245. The van der Waals surface area contributed by atoms with Crippen LogP contribution in [0.4, 0.5) is 0 Å². The maximum Gasteiger partial charge on any atom is 0.237 e. The van der Waals surface area contributed by atoms with Crippen LogP contribution in [0.15, 0.2) is 0 Å². The van der Waals surface area contributed by atoms with Crippen LogP contribution in [0, 0.1) is 5.92 Å². The van der Waals surface area contributed by atoms with Crippen LogP contribution in [0.2, 0.25) is 0 Å². The van der Waals surface area contributed by atoms with Crippen LogP contribution in [0.25, 0.3) is 0 Å². The van der Waals surface area contributed by atoms with Crippen molar-refractivity contribution in [2.45, 2.75) is 52.1 Å². The van der Waals surface area contributed by atoms with Crippen molar-refractivity contribution in [3.05, 3.63) is 0 Å². The minimum absolute atomic E-state index is 0.0160. The summed E-state index contributed by atoms with van der Waals surface area (Å²) in [4.78, 5) is 14.3. The molecule has 0 bridgehead atoms. The van der Waals surface area contributed by atoms with Gasteiger partial charge in [-0.3, -0.25) is 4.79 Å². The average Bonchev–Trinajstić information content (AvgIpc) is 2.37. The Balaban J connectivity index is 2.40. The molecule has 1 rings (SSSR count). The summed E-state index contributed by atoms with van der Waals surface area (Å²) in [5.74, 6) is 0.267. The molecule has 0 spiro atoms. The fraction of sp³-hybridized carbons (Fsp3) is 0.923. The number of likely N-dealkylation sites (tertiary alicyclic amines) is 1. The van der Waals surface area contributed by atoms with Crippen LogP contribution in [0.1, 0.15) is 40.0 Å². The van der Waals surface area contributed by atoms with Crippen LogP contribution in [0.3, 0.4) is 0 Å². The predicted molar refractivity (Wildman–Crippen MR) is 70.7 cm³/mol. The van der Waals surface area contributed by atoms with Crippen molar-refractivity contribution >= 4 is 5.91 Å². The zero-order valence-corrected chi connectivity index (χ0v) is 11.4. The first-order valence-electron chi connectivity index (χ1n) is 6.86. The first-order chi connectivity index (χ1) is 8.08. The van der Waals surface area contributed by atoms with Gasteiger partial charge in [-0.05, 0) is 31.8 Å². The third-order valence-corrected chi connectivity index (χ3v) is 3.86. The van der Waals surface area contributed by atoms with E-state index in [0.29, 0.717) is 0 Å². The highest BCUT2D eigenvalue weighted by molar-refractivity contribution is 5.82. The van der Waals surface area contributed by atoms with Gasteiger partial charge in [0.1, 0.15) is 0 Å². The number of nitrogens with two attached hydrogens (primary N) is 1. The van der Waals surface area contributed by atoms with Crippen molar-refractivity contribution < 1.29 is 4.79 Å². The monoisotopic (exact) mass is 241 g/mol. The van der Waals surface area contributed by atoms with E-state index in [-0.39, 0.29) is 23.9 Å². The van der Waals surface area contributed by atoms with Gasteiger partial charge in [-0.15, -0.1) is 0 Å². The summed E-state index contributed by atoms with van der Waals surface area (Å²) in [7, 11) is 0. The van der Waals surface area contributed by atoms with Gasteiger partial charge in [0, 0.05) is 12.6 Å². The second-order valence-electron chi connectivity index (χ2n) is 5.15. The molecule has 4 nitrogen and oxygen atoms in total. The summed E-state index contributed by atoms with van der Waals surface area (Å²) in [5.41, 5.74) is 5.93. The molecular weight excluding hydrogens is 214 g/mol. The van der Waals surface area contributed by atoms with E-state index in [9.17, 15) is 4.79 Å². The molecule has 3 unspecified atom stereocenters. The number of hydrogen-bond acceptors (Lipinski definition) is 3. The molecule has 0 aliphatic carbocycles. The average molecular weight is 241 g/mol.